The van der Waals surface area contributed by atoms with Crippen molar-refractivity contribution in [3.05, 3.63) is 17.8 Å². The molecule has 0 radical (unpaired) electrons. The molecule has 1 saturated carbocycles. The van der Waals surface area contributed by atoms with E-state index in [-0.39, 0.29) is 12.1 Å². The first-order chi connectivity index (χ1) is 8.34. The summed E-state index contributed by atoms with van der Waals surface area (Å²) in [5.41, 5.74) is 0.970. The number of hydrogen-bond donors (Lipinski definition) is 2. The van der Waals surface area contributed by atoms with Gasteiger partial charge in [-0.15, -0.1) is 11.3 Å². The summed E-state index contributed by atoms with van der Waals surface area (Å²) in [4.78, 5) is 8.50. The number of nitrogens with one attached hydrogen (secondary N) is 1. The van der Waals surface area contributed by atoms with E-state index in [4.69, 9.17) is 0 Å². The number of thiophene rings is 1. The second-order valence-electron chi connectivity index (χ2n) is 4.46. The normalized spacial score (nSPS) is 25.0. The smallest absolute Gasteiger partial charge is 0.147 e. The monoisotopic (exact) mass is 249 g/mol. The Hall–Kier alpha value is -1.20. The van der Waals surface area contributed by atoms with Crippen molar-refractivity contribution < 1.29 is 5.11 Å². The van der Waals surface area contributed by atoms with Gasteiger partial charge in [-0.1, -0.05) is 12.8 Å². The van der Waals surface area contributed by atoms with Crippen LogP contribution in [0.4, 0.5) is 5.82 Å². The second kappa shape index (κ2) is 4.58. The maximum atomic E-state index is 9.95. The van der Waals surface area contributed by atoms with E-state index in [1.165, 1.54) is 6.42 Å². The minimum Gasteiger partial charge on any atom is -0.391 e. The zero-order valence-electron chi connectivity index (χ0n) is 9.47. The van der Waals surface area contributed by atoms with Gasteiger partial charge in [-0.25, -0.2) is 9.97 Å². The Bertz CT molecular complexity index is 513. The molecule has 90 valence electrons. The molecule has 17 heavy (non-hydrogen) atoms. The van der Waals surface area contributed by atoms with Crippen molar-refractivity contribution in [3.8, 4) is 0 Å². The molecule has 0 amide bonds. The standard InChI is InChI=1S/C12H15N3OS/c16-10-4-2-1-3-8(10)15-12-11-9(5-6-17-11)13-7-14-12/h5-8,10,16H,1-4H2,(H,13,14,15)/t8-,10-/m0/s1. The summed E-state index contributed by atoms with van der Waals surface area (Å²) in [6, 6.07) is 2.12. The Kier molecular flexibility index (Phi) is 2.94. The van der Waals surface area contributed by atoms with Crippen molar-refractivity contribution in [2.45, 2.75) is 37.8 Å². The third-order valence-corrected chi connectivity index (χ3v) is 4.21. The second-order valence-corrected chi connectivity index (χ2v) is 5.38. The first-order valence-corrected chi connectivity index (χ1v) is 6.85. The van der Waals surface area contributed by atoms with Gasteiger partial charge in [-0.2, -0.15) is 0 Å². The number of rotatable bonds is 2. The van der Waals surface area contributed by atoms with Gasteiger partial charge in [0.05, 0.1) is 22.4 Å². The summed E-state index contributed by atoms with van der Waals surface area (Å²) in [5, 5.41) is 15.3. The number of aliphatic hydroxyl groups excluding tert-OH is 1. The van der Waals surface area contributed by atoms with Crippen molar-refractivity contribution in [1.82, 2.24) is 9.97 Å². The molecule has 0 aliphatic heterocycles. The average Bonchev–Trinajstić information content (AvgIpc) is 2.81. The Morgan fingerprint density at radius 3 is 3.06 bits per heavy atom. The summed E-state index contributed by atoms with van der Waals surface area (Å²) in [5.74, 6) is 0.857. The van der Waals surface area contributed by atoms with Crippen LogP contribution in [0.3, 0.4) is 0 Å². The molecular weight excluding hydrogens is 234 g/mol. The molecule has 0 saturated heterocycles. The average molecular weight is 249 g/mol. The van der Waals surface area contributed by atoms with E-state index in [0.717, 1.165) is 35.3 Å². The minimum atomic E-state index is -0.256. The van der Waals surface area contributed by atoms with Crippen molar-refractivity contribution in [3.63, 3.8) is 0 Å². The van der Waals surface area contributed by atoms with E-state index in [1.807, 2.05) is 11.4 Å². The maximum Gasteiger partial charge on any atom is 0.147 e. The predicted molar refractivity (Wildman–Crippen MR) is 69.3 cm³/mol. The molecule has 5 heteroatoms. The zero-order valence-corrected chi connectivity index (χ0v) is 10.3. The molecule has 4 nitrogen and oxygen atoms in total. The summed E-state index contributed by atoms with van der Waals surface area (Å²) in [7, 11) is 0. The van der Waals surface area contributed by atoms with Crippen molar-refractivity contribution >= 4 is 27.4 Å². The van der Waals surface area contributed by atoms with Gasteiger partial charge in [0.2, 0.25) is 0 Å². The van der Waals surface area contributed by atoms with Crippen LogP contribution < -0.4 is 5.32 Å². The van der Waals surface area contributed by atoms with Crippen molar-refractivity contribution in [2.75, 3.05) is 5.32 Å². The van der Waals surface area contributed by atoms with E-state index in [2.05, 4.69) is 15.3 Å². The largest absolute Gasteiger partial charge is 0.391 e. The summed E-state index contributed by atoms with van der Waals surface area (Å²) in [6.45, 7) is 0. The first kappa shape index (κ1) is 10.9. The predicted octanol–water partition coefficient (Wildman–Crippen LogP) is 2.41. The van der Waals surface area contributed by atoms with Gasteiger partial charge in [0, 0.05) is 0 Å². The van der Waals surface area contributed by atoms with E-state index in [0.29, 0.717) is 0 Å². The van der Waals surface area contributed by atoms with Crippen LogP contribution >= 0.6 is 11.3 Å². The van der Waals surface area contributed by atoms with Gasteiger partial charge in [0.1, 0.15) is 12.1 Å². The molecule has 1 aliphatic carbocycles. The molecule has 3 rings (SSSR count). The van der Waals surface area contributed by atoms with Gasteiger partial charge in [0.15, 0.2) is 0 Å². The molecule has 1 aliphatic rings. The fourth-order valence-electron chi connectivity index (χ4n) is 2.35. The minimum absolute atomic E-state index is 0.129. The number of aliphatic hydroxyl groups is 1. The van der Waals surface area contributed by atoms with Crippen molar-refractivity contribution in [2.24, 2.45) is 0 Å². The number of hydrogen-bond acceptors (Lipinski definition) is 5. The molecule has 0 spiro atoms. The number of fused-ring (bicyclic) bond motifs is 1. The highest BCUT2D eigenvalue weighted by Crippen LogP contribution is 2.28. The molecule has 0 unspecified atom stereocenters. The molecular formula is C12H15N3OS. The molecule has 2 aromatic rings. The topological polar surface area (TPSA) is 58.0 Å². The SMILES string of the molecule is O[C@H]1CCCC[C@@H]1Nc1ncnc2ccsc12. The highest BCUT2D eigenvalue weighted by atomic mass is 32.1. The summed E-state index contributed by atoms with van der Waals surface area (Å²) >= 11 is 1.63. The molecule has 1 fully saturated rings. The lowest BCUT2D eigenvalue weighted by atomic mass is 9.92. The van der Waals surface area contributed by atoms with Crippen LogP contribution in [-0.4, -0.2) is 27.2 Å². The van der Waals surface area contributed by atoms with Crippen LogP contribution in [0.15, 0.2) is 17.8 Å². The molecule has 2 atom stereocenters. The van der Waals surface area contributed by atoms with E-state index < -0.39 is 0 Å². The van der Waals surface area contributed by atoms with E-state index >= 15 is 0 Å². The number of aromatic nitrogens is 2. The lowest BCUT2D eigenvalue weighted by molar-refractivity contribution is 0.116. The third-order valence-electron chi connectivity index (χ3n) is 3.29. The molecule has 2 aromatic heterocycles. The Morgan fingerprint density at radius 1 is 1.29 bits per heavy atom. The number of anilines is 1. The van der Waals surface area contributed by atoms with Crippen molar-refractivity contribution in [1.29, 1.82) is 0 Å². The first-order valence-electron chi connectivity index (χ1n) is 5.97. The van der Waals surface area contributed by atoms with Gasteiger partial charge in [-0.05, 0) is 24.3 Å². The molecule has 2 heterocycles. The lowest BCUT2D eigenvalue weighted by Crippen LogP contribution is -2.36. The van der Waals surface area contributed by atoms with Crippen LogP contribution in [0.2, 0.25) is 0 Å². The van der Waals surface area contributed by atoms with Crippen LogP contribution in [0.5, 0.6) is 0 Å². The lowest BCUT2D eigenvalue weighted by Gasteiger charge is -2.28. The van der Waals surface area contributed by atoms with Crippen LogP contribution in [-0.2, 0) is 0 Å². The highest BCUT2D eigenvalue weighted by molar-refractivity contribution is 7.17. The maximum absolute atomic E-state index is 9.95. The third kappa shape index (κ3) is 2.12. The summed E-state index contributed by atoms with van der Waals surface area (Å²) in [6.07, 6.45) is 5.51. The highest BCUT2D eigenvalue weighted by Gasteiger charge is 2.23. The summed E-state index contributed by atoms with van der Waals surface area (Å²) < 4.78 is 1.07. The van der Waals surface area contributed by atoms with Gasteiger partial charge in [0.25, 0.3) is 0 Å². The van der Waals surface area contributed by atoms with Crippen LogP contribution in [0, 0.1) is 0 Å². The number of nitrogens with zero attached hydrogens (tertiary/aromatic N) is 2. The van der Waals surface area contributed by atoms with E-state index in [1.54, 1.807) is 17.7 Å². The van der Waals surface area contributed by atoms with Gasteiger partial charge < -0.3 is 10.4 Å². The fraction of sp³-hybridized carbons (Fsp3) is 0.500. The van der Waals surface area contributed by atoms with E-state index in [9.17, 15) is 5.11 Å². The zero-order chi connectivity index (χ0) is 11.7. The quantitative estimate of drug-likeness (QED) is 0.858. The molecule has 0 bridgehead atoms. The molecule has 0 aromatic carbocycles. The molecule has 2 N–H and O–H groups in total. The Morgan fingerprint density at radius 2 is 2.18 bits per heavy atom. The Labute approximate surface area is 104 Å². The van der Waals surface area contributed by atoms with Crippen LogP contribution in [0.25, 0.3) is 10.2 Å². The van der Waals surface area contributed by atoms with Crippen LogP contribution in [0.1, 0.15) is 25.7 Å². The van der Waals surface area contributed by atoms with Gasteiger partial charge >= 0.3 is 0 Å². The van der Waals surface area contributed by atoms with Gasteiger partial charge in [-0.3, -0.25) is 0 Å². The fourth-order valence-corrected chi connectivity index (χ4v) is 3.14. The Balaban J connectivity index is 1.86.